The first kappa shape index (κ1) is 17.2. The first-order chi connectivity index (χ1) is 11.5. The van der Waals surface area contributed by atoms with E-state index in [2.05, 4.69) is 5.32 Å². The lowest BCUT2D eigenvalue weighted by Gasteiger charge is -2.11. The van der Waals surface area contributed by atoms with Crippen LogP contribution in [0.2, 0.25) is 0 Å². The highest BCUT2D eigenvalue weighted by molar-refractivity contribution is 5.91. The molecule has 0 bridgehead atoms. The van der Waals surface area contributed by atoms with Crippen LogP contribution in [0.3, 0.4) is 0 Å². The molecule has 2 aromatic rings. The summed E-state index contributed by atoms with van der Waals surface area (Å²) in [5.41, 5.74) is 7.48. The zero-order chi connectivity index (χ0) is 17.5. The van der Waals surface area contributed by atoms with Crippen LogP contribution < -0.4 is 11.1 Å². The van der Waals surface area contributed by atoms with Gasteiger partial charge in [-0.3, -0.25) is 14.9 Å². The molecule has 1 unspecified atom stereocenters. The number of non-ortho nitro benzene ring substituents is 1. The minimum atomic E-state index is -0.831. The van der Waals surface area contributed by atoms with E-state index in [-0.39, 0.29) is 18.1 Å². The average molecular weight is 327 g/mol. The van der Waals surface area contributed by atoms with Crippen LogP contribution in [0, 0.1) is 10.1 Å². The van der Waals surface area contributed by atoms with Crippen molar-refractivity contribution in [3.8, 4) is 0 Å². The molecule has 0 aliphatic heterocycles. The van der Waals surface area contributed by atoms with Crippen molar-refractivity contribution >= 4 is 23.4 Å². The van der Waals surface area contributed by atoms with Gasteiger partial charge in [0.2, 0.25) is 5.91 Å². The van der Waals surface area contributed by atoms with Gasteiger partial charge in [0, 0.05) is 30.4 Å². The number of hydrogen-bond donors (Lipinski definition) is 3. The molecule has 0 radical (unpaired) electrons. The van der Waals surface area contributed by atoms with E-state index in [0.717, 1.165) is 0 Å². The van der Waals surface area contributed by atoms with Crippen molar-refractivity contribution in [3.05, 3.63) is 75.8 Å². The second-order valence-electron chi connectivity index (χ2n) is 5.11. The third-order valence-corrected chi connectivity index (χ3v) is 3.32. The lowest BCUT2D eigenvalue weighted by molar-refractivity contribution is -0.384. The zero-order valence-electron chi connectivity index (χ0n) is 12.8. The third kappa shape index (κ3) is 4.92. The molecule has 1 amide bonds. The molecule has 0 aliphatic rings. The van der Waals surface area contributed by atoms with Gasteiger partial charge in [0.1, 0.15) is 0 Å². The Labute approximate surface area is 138 Å². The number of amides is 1. The van der Waals surface area contributed by atoms with Crippen LogP contribution in [0.4, 0.5) is 11.4 Å². The van der Waals surface area contributed by atoms with E-state index in [1.54, 1.807) is 36.4 Å². The van der Waals surface area contributed by atoms with Gasteiger partial charge in [0.15, 0.2) is 0 Å². The molecule has 2 aromatic carbocycles. The Bertz CT molecular complexity index is 739. The molecule has 24 heavy (non-hydrogen) atoms. The smallest absolute Gasteiger partial charge is 0.269 e. The van der Waals surface area contributed by atoms with Crippen molar-refractivity contribution in [3.63, 3.8) is 0 Å². The van der Waals surface area contributed by atoms with Gasteiger partial charge in [-0.05, 0) is 41.5 Å². The number of aliphatic hydroxyl groups excluding tert-OH is 1. The van der Waals surface area contributed by atoms with E-state index in [0.29, 0.717) is 16.8 Å². The van der Waals surface area contributed by atoms with E-state index >= 15 is 0 Å². The summed E-state index contributed by atoms with van der Waals surface area (Å²) in [6.07, 6.45) is 2.01. The quantitative estimate of drug-likeness (QED) is 0.325. The van der Waals surface area contributed by atoms with E-state index in [1.165, 1.54) is 24.3 Å². The van der Waals surface area contributed by atoms with Gasteiger partial charge in [0.25, 0.3) is 5.69 Å². The van der Waals surface area contributed by atoms with E-state index < -0.39 is 11.0 Å². The van der Waals surface area contributed by atoms with Crippen LogP contribution in [0.1, 0.15) is 17.2 Å². The van der Waals surface area contributed by atoms with Crippen molar-refractivity contribution in [1.29, 1.82) is 0 Å². The Kier molecular flexibility index (Phi) is 5.64. The molecular formula is C17H17N3O4. The van der Waals surface area contributed by atoms with Gasteiger partial charge in [-0.15, -0.1) is 0 Å². The summed E-state index contributed by atoms with van der Waals surface area (Å²) in [6.45, 7) is 0.0629. The third-order valence-electron chi connectivity index (χ3n) is 3.32. The topological polar surface area (TPSA) is 118 Å². The summed E-state index contributed by atoms with van der Waals surface area (Å²) in [6, 6.07) is 12.6. The Morgan fingerprint density at radius 2 is 1.83 bits per heavy atom. The maximum atomic E-state index is 11.7. The van der Waals surface area contributed by atoms with Crippen LogP contribution in [0.5, 0.6) is 0 Å². The second kappa shape index (κ2) is 7.89. The van der Waals surface area contributed by atoms with Crippen LogP contribution in [-0.2, 0) is 4.79 Å². The van der Waals surface area contributed by atoms with Gasteiger partial charge in [-0.2, -0.15) is 0 Å². The number of carbonyl (C=O) groups is 1. The number of nitrogen functional groups attached to an aromatic ring is 1. The Morgan fingerprint density at radius 3 is 2.42 bits per heavy atom. The number of nitro benzene ring substituents is 1. The standard InChI is InChI=1S/C17H17N3O4/c18-14-6-4-13(5-7-14)16(21)11-19-17(22)10-3-12-1-8-15(9-2-12)20(23)24/h1-10,16,21H,11,18H2,(H,19,22)/b10-3+. The Morgan fingerprint density at radius 1 is 1.21 bits per heavy atom. The van der Waals surface area contributed by atoms with Crippen LogP contribution in [-0.4, -0.2) is 22.5 Å². The van der Waals surface area contributed by atoms with Crippen molar-refractivity contribution in [2.75, 3.05) is 12.3 Å². The molecule has 0 heterocycles. The monoisotopic (exact) mass is 327 g/mol. The van der Waals surface area contributed by atoms with Gasteiger partial charge in [-0.1, -0.05) is 12.1 Å². The summed E-state index contributed by atoms with van der Waals surface area (Å²) >= 11 is 0. The Balaban J connectivity index is 1.86. The number of carbonyl (C=O) groups excluding carboxylic acids is 1. The first-order valence-corrected chi connectivity index (χ1v) is 7.19. The van der Waals surface area contributed by atoms with Crippen molar-refractivity contribution < 1.29 is 14.8 Å². The molecule has 7 nitrogen and oxygen atoms in total. The number of benzene rings is 2. The molecule has 0 saturated carbocycles. The number of nitro groups is 1. The van der Waals surface area contributed by atoms with E-state index in [9.17, 15) is 20.0 Å². The molecule has 2 rings (SSSR count). The summed E-state index contributed by atoms with van der Waals surface area (Å²) in [4.78, 5) is 21.8. The van der Waals surface area contributed by atoms with Gasteiger partial charge in [-0.25, -0.2) is 0 Å². The predicted octanol–water partition coefficient (Wildman–Crippen LogP) is 2.04. The molecule has 124 valence electrons. The SMILES string of the molecule is Nc1ccc(C(O)CNC(=O)/C=C/c2ccc([N+](=O)[O-])cc2)cc1. The van der Waals surface area contributed by atoms with E-state index in [4.69, 9.17) is 5.73 Å². The van der Waals surface area contributed by atoms with Crippen molar-refractivity contribution in [2.45, 2.75) is 6.10 Å². The molecule has 4 N–H and O–H groups in total. The van der Waals surface area contributed by atoms with Crippen LogP contribution in [0.25, 0.3) is 6.08 Å². The summed E-state index contributed by atoms with van der Waals surface area (Å²) in [5, 5.41) is 23.1. The molecule has 0 aromatic heterocycles. The lowest BCUT2D eigenvalue weighted by atomic mass is 10.1. The van der Waals surface area contributed by atoms with Crippen LogP contribution >= 0.6 is 0 Å². The molecule has 0 saturated heterocycles. The fourth-order valence-corrected chi connectivity index (χ4v) is 1.97. The molecule has 1 atom stereocenters. The van der Waals surface area contributed by atoms with Crippen molar-refractivity contribution in [2.24, 2.45) is 0 Å². The summed E-state index contributed by atoms with van der Waals surface area (Å²) in [5.74, 6) is -0.372. The molecule has 7 heteroatoms. The number of rotatable bonds is 6. The normalized spacial score (nSPS) is 12.0. The first-order valence-electron chi connectivity index (χ1n) is 7.19. The number of nitrogens with one attached hydrogen (secondary N) is 1. The summed E-state index contributed by atoms with van der Waals surface area (Å²) < 4.78 is 0. The highest BCUT2D eigenvalue weighted by atomic mass is 16.6. The van der Waals surface area contributed by atoms with Crippen LogP contribution in [0.15, 0.2) is 54.6 Å². The predicted molar refractivity (Wildman–Crippen MR) is 91.0 cm³/mol. The number of anilines is 1. The lowest BCUT2D eigenvalue weighted by Crippen LogP contribution is -2.26. The number of aliphatic hydroxyl groups is 1. The fourth-order valence-electron chi connectivity index (χ4n) is 1.97. The van der Waals surface area contributed by atoms with Crippen molar-refractivity contribution in [1.82, 2.24) is 5.32 Å². The van der Waals surface area contributed by atoms with Gasteiger partial charge >= 0.3 is 0 Å². The Hall–Kier alpha value is -3.19. The molecule has 0 spiro atoms. The maximum Gasteiger partial charge on any atom is 0.269 e. The minimum Gasteiger partial charge on any atom is -0.399 e. The van der Waals surface area contributed by atoms with E-state index in [1.807, 2.05) is 0 Å². The highest BCUT2D eigenvalue weighted by Gasteiger charge is 2.08. The minimum absolute atomic E-state index is 0.0109. The number of nitrogens with two attached hydrogens (primary N) is 1. The molecule has 0 aliphatic carbocycles. The highest BCUT2D eigenvalue weighted by Crippen LogP contribution is 2.14. The molecular weight excluding hydrogens is 310 g/mol. The van der Waals surface area contributed by atoms with Gasteiger partial charge < -0.3 is 16.2 Å². The second-order valence-corrected chi connectivity index (χ2v) is 5.11. The number of nitrogens with zero attached hydrogens (tertiary/aromatic N) is 1. The zero-order valence-corrected chi connectivity index (χ0v) is 12.8. The average Bonchev–Trinajstić information content (AvgIpc) is 2.58. The number of hydrogen-bond acceptors (Lipinski definition) is 5. The summed E-state index contributed by atoms with van der Waals surface area (Å²) in [7, 11) is 0. The maximum absolute atomic E-state index is 11.7. The largest absolute Gasteiger partial charge is 0.399 e. The molecule has 0 fully saturated rings. The van der Waals surface area contributed by atoms with Gasteiger partial charge in [0.05, 0.1) is 11.0 Å². The fraction of sp³-hybridized carbons (Fsp3) is 0.118.